The molecule has 0 amide bonds. The molecule has 0 saturated carbocycles. The first kappa shape index (κ1) is 53.5. The normalized spacial score (nSPS) is 15.7. The van der Waals surface area contributed by atoms with Crippen LogP contribution in [0, 0.1) is 27.7 Å². The van der Waals surface area contributed by atoms with Gasteiger partial charge in [-0.15, -0.1) is 0 Å². The lowest BCUT2D eigenvalue weighted by Crippen LogP contribution is -2.31. The molecule has 14 rings (SSSR count). The van der Waals surface area contributed by atoms with Crippen LogP contribution in [0.3, 0.4) is 0 Å². The number of rotatable bonds is 2. The summed E-state index contributed by atoms with van der Waals surface area (Å²) in [5.74, 6) is 0. The fourth-order valence-corrected chi connectivity index (χ4v) is 15.8. The number of hydrogen-bond acceptors (Lipinski definition) is 0. The Labute approximate surface area is 486 Å². The molecule has 0 saturated heterocycles. The molecule has 0 radical (unpaired) electrons. The molecule has 0 fully saturated rings. The Morgan fingerprint density at radius 1 is 0.358 bits per heavy atom. The molecule has 9 aromatic carbocycles. The van der Waals surface area contributed by atoms with E-state index < -0.39 is 0 Å². The van der Waals surface area contributed by atoms with Gasteiger partial charge in [-0.25, -0.2) is 0 Å². The number of benzene rings is 9. The van der Waals surface area contributed by atoms with Crippen LogP contribution in [0.5, 0.6) is 0 Å². The van der Waals surface area contributed by atoms with Crippen LogP contribution in [0.1, 0.15) is 190 Å². The van der Waals surface area contributed by atoms with E-state index in [-0.39, 0.29) is 32.5 Å². The number of aryl methyl sites for hydroxylation is 4. The Morgan fingerprint density at radius 2 is 0.716 bits per heavy atom. The van der Waals surface area contributed by atoms with Crippen LogP contribution >= 0.6 is 0 Å². The van der Waals surface area contributed by atoms with Crippen molar-refractivity contribution in [3.8, 4) is 89.0 Å². The van der Waals surface area contributed by atoms with E-state index in [1.807, 2.05) is 0 Å². The molecule has 10 bridgehead atoms. The van der Waals surface area contributed by atoms with Crippen LogP contribution in [0.4, 0.5) is 0 Å². The SMILES string of the molecule is Cc1cc(C(C)(C)C)cc(C)c1-c1c2c(c3c4c1-c1ccc5c6c(ccc-4c16)-c1c-5c(-c4c(C)cc(C(C)(C)C)cc4C)c4ccccc4c1-c1cc(C(C)(C)C)cc(c1)C(C)(C)CC(C)(C)c1cc-3cc(C(C)(C)C)c1)CCC=C2. The molecule has 0 aliphatic heterocycles. The Balaban J connectivity index is 1.28. The lowest BCUT2D eigenvalue weighted by Gasteiger charge is -2.38. The molecule has 0 atom stereocenters. The zero-order valence-electron chi connectivity index (χ0n) is 52.7. The second-order valence-corrected chi connectivity index (χ2v) is 31.0. The first-order valence-corrected chi connectivity index (χ1v) is 30.5. The maximum absolute atomic E-state index is 2.65. The second kappa shape index (κ2) is 17.4. The summed E-state index contributed by atoms with van der Waals surface area (Å²) in [4.78, 5) is 0. The first-order chi connectivity index (χ1) is 37.8. The molecule has 5 aliphatic rings. The van der Waals surface area contributed by atoms with Gasteiger partial charge in [-0.3, -0.25) is 0 Å². The Bertz CT molecular complexity index is 4240. The Kier molecular flexibility index (Phi) is 11.5. The average molecular weight is 1060 g/mol. The van der Waals surface area contributed by atoms with E-state index in [9.17, 15) is 0 Å². The van der Waals surface area contributed by atoms with Gasteiger partial charge in [0.05, 0.1) is 0 Å². The quantitative estimate of drug-likeness (QED) is 0.162. The van der Waals surface area contributed by atoms with Gasteiger partial charge < -0.3 is 0 Å². The van der Waals surface area contributed by atoms with E-state index in [2.05, 4.69) is 260 Å². The third kappa shape index (κ3) is 8.02. The van der Waals surface area contributed by atoms with Gasteiger partial charge in [-0.1, -0.05) is 232 Å². The molecule has 0 unspecified atom stereocenters. The van der Waals surface area contributed by atoms with Gasteiger partial charge >= 0.3 is 0 Å². The van der Waals surface area contributed by atoms with Gasteiger partial charge in [0, 0.05) is 0 Å². The van der Waals surface area contributed by atoms with Crippen molar-refractivity contribution < 1.29 is 0 Å². The predicted octanol–water partition coefficient (Wildman–Crippen LogP) is 23.3. The monoisotopic (exact) mass is 1060 g/mol. The first-order valence-electron chi connectivity index (χ1n) is 30.5. The summed E-state index contributed by atoms with van der Waals surface area (Å²) in [6.07, 6.45) is 7.99. The summed E-state index contributed by atoms with van der Waals surface area (Å²) in [7, 11) is 0. The lowest BCUT2D eigenvalue weighted by molar-refractivity contribution is 0.348. The van der Waals surface area contributed by atoms with Crippen molar-refractivity contribution in [3.05, 3.63) is 182 Å². The molecule has 0 N–H and O–H groups in total. The zero-order chi connectivity index (χ0) is 57.7. The third-order valence-electron chi connectivity index (χ3n) is 19.9. The molecule has 5 aliphatic carbocycles. The van der Waals surface area contributed by atoms with Crippen molar-refractivity contribution in [2.45, 2.75) is 190 Å². The van der Waals surface area contributed by atoms with Crippen molar-refractivity contribution in [2.75, 3.05) is 0 Å². The van der Waals surface area contributed by atoms with E-state index in [1.165, 1.54) is 177 Å². The van der Waals surface area contributed by atoms with Crippen LogP contribution in [-0.4, -0.2) is 0 Å². The fraction of sp³-hybridized carbons (Fsp3) is 0.358. The van der Waals surface area contributed by atoms with Crippen LogP contribution in [0.15, 0.2) is 115 Å². The van der Waals surface area contributed by atoms with Crippen LogP contribution in [-0.2, 0) is 38.9 Å². The average Bonchev–Trinajstić information content (AvgIpc) is 2.57. The van der Waals surface area contributed by atoms with Gasteiger partial charge in [-0.05, 0) is 257 Å². The highest BCUT2D eigenvalue weighted by molar-refractivity contribution is 6.34. The summed E-state index contributed by atoms with van der Waals surface area (Å²) in [6, 6.07) is 45.4. The topological polar surface area (TPSA) is 0 Å². The van der Waals surface area contributed by atoms with E-state index in [0.29, 0.717) is 0 Å². The minimum atomic E-state index is -0.187. The lowest BCUT2D eigenvalue weighted by atomic mass is 9.66. The molecule has 0 nitrogen and oxygen atoms in total. The summed E-state index contributed by atoms with van der Waals surface area (Å²) in [6.45, 7) is 48.3. The summed E-state index contributed by atoms with van der Waals surface area (Å²) in [5.41, 5.74) is 38.2. The Hall–Kier alpha value is -6.76. The largest absolute Gasteiger partial charge is 0.0836 e. The molecule has 9 aromatic rings. The highest BCUT2D eigenvalue weighted by Gasteiger charge is 2.41. The van der Waals surface area contributed by atoms with Crippen molar-refractivity contribution in [1.29, 1.82) is 0 Å². The van der Waals surface area contributed by atoms with Crippen molar-refractivity contribution >= 4 is 27.6 Å². The molecule has 0 spiro atoms. The predicted molar refractivity (Wildman–Crippen MR) is 354 cm³/mol. The molecule has 0 heterocycles. The number of hydrogen-bond donors (Lipinski definition) is 0. The zero-order valence-corrected chi connectivity index (χ0v) is 52.7. The maximum atomic E-state index is 2.65. The molecular formula is C81H86. The standard InChI is InChI=1S/C81H86/c1-44-33-50(76(5,6)7)34-45(2)64(44)70-58-27-23-21-25-56(58)66-48-37-52(78(11,12)13)41-54(39-48)80(17,18)43-81(19,20)55-40-49(38-53(42-55)79(14,15)16)67-57-26-22-24-28-59(57)71(65-46(3)35-51(36-47(65)4)77(8,9)10)75-63-32-31-62-68-60(72(66)74(62)70)29-30-61(69(63)68)73(67)75/h21,23-25,27-42H,22,26,43H2,1-20H3. The summed E-state index contributed by atoms with van der Waals surface area (Å²) >= 11 is 0. The van der Waals surface area contributed by atoms with Gasteiger partial charge in [0.25, 0.3) is 0 Å². The van der Waals surface area contributed by atoms with Gasteiger partial charge in [0.2, 0.25) is 0 Å². The van der Waals surface area contributed by atoms with E-state index in [1.54, 1.807) is 0 Å². The van der Waals surface area contributed by atoms with Gasteiger partial charge in [-0.2, -0.15) is 0 Å². The summed E-state index contributed by atoms with van der Waals surface area (Å²) in [5, 5.41) is 5.45. The van der Waals surface area contributed by atoms with Crippen molar-refractivity contribution in [3.63, 3.8) is 0 Å². The van der Waals surface area contributed by atoms with Crippen molar-refractivity contribution in [2.24, 2.45) is 0 Å². The van der Waals surface area contributed by atoms with Crippen LogP contribution in [0.2, 0.25) is 0 Å². The van der Waals surface area contributed by atoms with E-state index in [4.69, 9.17) is 0 Å². The fourth-order valence-electron chi connectivity index (χ4n) is 15.8. The van der Waals surface area contributed by atoms with Gasteiger partial charge in [0.15, 0.2) is 0 Å². The number of allylic oxidation sites excluding steroid dienone is 1. The molecule has 410 valence electrons. The van der Waals surface area contributed by atoms with Crippen LogP contribution in [0.25, 0.3) is 117 Å². The maximum Gasteiger partial charge on any atom is -0.000720 e. The highest BCUT2D eigenvalue weighted by Crippen LogP contribution is 2.66. The van der Waals surface area contributed by atoms with Crippen molar-refractivity contribution in [1.82, 2.24) is 0 Å². The minimum absolute atomic E-state index is 0.0219. The van der Waals surface area contributed by atoms with Gasteiger partial charge in [0.1, 0.15) is 0 Å². The molecule has 81 heavy (non-hydrogen) atoms. The number of fused-ring (bicyclic) bond motifs is 7. The third-order valence-corrected chi connectivity index (χ3v) is 19.9. The van der Waals surface area contributed by atoms with Crippen LogP contribution < -0.4 is 0 Å². The Morgan fingerprint density at radius 3 is 1.15 bits per heavy atom. The second-order valence-electron chi connectivity index (χ2n) is 31.0. The smallest absolute Gasteiger partial charge is 0.000720 e. The van der Waals surface area contributed by atoms with E-state index >= 15 is 0 Å². The molecule has 0 heteroatoms. The highest BCUT2D eigenvalue weighted by atomic mass is 14.4. The minimum Gasteiger partial charge on any atom is -0.0836 e. The molecular weight excluding hydrogens is 973 g/mol. The summed E-state index contributed by atoms with van der Waals surface area (Å²) < 4.78 is 0. The van der Waals surface area contributed by atoms with E-state index in [0.717, 1.165) is 19.3 Å². The molecule has 0 aromatic heterocycles.